The molecule has 0 spiro atoms. The van der Waals surface area contributed by atoms with Crippen molar-refractivity contribution >= 4 is 28.2 Å². The first kappa shape index (κ1) is 26.1. The number of benzene rings is 2. The minimum absolute atomic E-state index is 0.0931. The molecule has 8 nitrogen and oxygen atoms in total. The Kier molecular flexibility index (Phi) is 7.03. The smallest absolute Gasteiger partial charge is 0.231 e. The van der Waals surface area contributed by atoms with Gasteiger partial charge in [0.05, 0.1) is 23.2 Å². The average Bonchev–Trinajstić information content (AvgIpc) is 3.41. The number of rotatable bonds is 6. The lowest BCUT2D eigenvalue weighted by atomic mass is 10.1. The predicted molar refractivity (Wildman–Crippen MR) is 149 cm³/mol. The Morgan fingerprint density at radius 1 is 1.00 bits per heavy atom. The van der Waals surface area contributed by atoms with Crippen molar-refractivity contribution in [3.8, 4) is 11.4 Å². The Morgan fingerprint density at radius 3 is 2.48 bits per heavy atom. The number of halogens is 3. The standard InChI is InChI=1S/C29H25ClF2N6O2/c1-36-8-10-37(11-9-36)25-14-24-21(13-23(25)32)28(39)22(17-38(24)16-19-4-7-26(30)33-15-19)29-34-27(40-35-29)12-18-2-5-20(31)6-3-18/h2-7,13-15,17H,8-12,16H2,1H3. The van der Waals surface area contributed by atoms with Gasteiger partial charge < -0.3 is 18.9 Å². The summed E-state index contributed by atoms with van der Waals surface area (Å²) in [4.78, 5) is 26.5. The van der Waals surface area contributed by atoms with E-state index in [4.69, 9.17) is 16.1 Å². The van der Waals surface area contributed by atoms with E-state index in [0.717, 1.165) is 24.2 Å². The van der Waals surface area contributed by atoms with Gasteiger partial charge in [-0.15, -0.1) is 0 Å². The number of pyridine rings is 2. The van der Waals surface area contributed by atoms with Crippen LogP contribution in [0.4, 0.5) is 14.5 Å². The first-order valence-electron chi connectivity index (χ1n) is 12.8. The highest BCUT2D eigenvalue weighted by Crippen LogP contribution is 2.28. The molecule has 1 saturated heterocycles. The van der Waals surface area contributed by atoms with Crippen molar-refractivity contribution in [1.29, 1.82) is 0 Å². The maximum Gasteiger partial charge on any atom is 0.231 e. The molecule has 0 saturated carbocycles. The Bertz CT molecular complexity index is 1730. The van der Waals surface area contributed by atoms with E-state index in [0.29, 0.717) is 36.0 Å². The van der Waals surface area contributed by atoms with Crippen LogP contribution in [0.5, 0.6) is 0 Å². The van der Waals surface area contributed by atoms with Crippen molar-refractivity contribution in [2.24, 2.45) is 0 Å². The molecule has 0 N–H and O–H groups in total. The summed E-state index contributed by atoms with van der Waals surface area (Å²) >= 11 is 5.98. The number of hydrogen-bond donors (Lipinski definition) is 0. The molecular formula is C29H25ClF2N6O2. The molecule has 0 radical (unpaired) electrons. The van der Waals surface area contributed by atoms with Gasteiger partial charge in [0, 0.05) is 50.5 Å². The molecule has 4 heterocycles. The maximum atomic E-state index is 15.5. The molecule has 0 unspecified atom stereocenters. The average molecular weight is 563 g/mol. The van der Waals surface area contributed by atoms with E-state index in [2.05, 4.69) is 20.0 Å². The fourth-order valence-electron chi connectivity index (χ4n) is 4.89. The lowest BCUT2D eigenvalue weighted by molar-refractivity contribution is 0.312. The second-order valence-electron chi connectivity index (χ2n) is 9.92. The Morgan fingerprint density at radius 2 is 1.75 bits per heavy atom. The Hall–Kier alpha value is -4.15. The molecule has 3 aromatic heterocycles. The van der Waals surface area contributed by atoms with E-state index in [1.54, 1.807) is 36.7 Å². The zero-order chi connectivity index (χ0) is 27.8. The first-order chi connectivity index (χ1) is 19.3. The number of fused-ring (bicyclic) bond motifs is 1. The van der Waals surface area contributed by atoms with Crippen LogP contribution in [0.2, 0.25) is 5.15 Å². The lowest BCUT2D eigenvalue weighted by Crippen LogP contribution is -2.44. The Balaban J connectivity index is 1.44. The molecule has 0 aliphatic carbocycles. The molecular weight excluding hydrogens is 538 g/mol. The van der Waals surface area contributed by atoms with Gasteiger partial charge in [-0.3, -0.25) is 4.79 Å². The molecule has 1 aliphatic heterocycles. The minimum atomic E-state index is -0.462. The predicted octanol–water partition coefficient (Wildman–Crippen LogP) is 4.77. The monoisotopic (exact) mass is 562 g/mol. The largest absolute Gasteiger partial charge is 0.367 e. The third-order valence-electron chi connectivity index (χ3n) is 7.11. The minimum Gasteiger partial charge on any atom is -0.367 e. The third kappa shape index (κ3) is 5.32. The molecule has 40 heavy (non-hydrogen) atoms. The second-order valence-corrected chi connectivity index (χ2v) is 10.3. The number of nitrogens with zero attached hydrogens (tertiary/aromatic N) is 6. The van der Waals surface area contributed by atoms with E-state index in [1.165, 1.54) is 18.2 Å². The van der Waals surface area contributed by atoms with Gasteiger partial charge in [0.25, 0.3) is 0 Å². The molecule has 0 amide bonds. The summed E-state index contributed by atoms with van der Waals surface area (Å²) in [6.07, 6.45) is 3.60. The van der Waals surface area contributed by atoms with Gasteiger partial charge in [0.1, 0.15) is 16.8 Å². The summed E-state index contributed by atoms with van der Waals surface area (Å²) in [7, 11) is 2.04. The summed E-state index contributed by atoms with van der Waals surface area (Å²) in [5, 5.41) is 4.62. The molecule has 11 heteroatoms. The van der Waals surface area contributed by atoms with Gasteiger partial charge >= 0.3 is 0 Å². The highest BCUT2D eigenvalue weighted by molar-refractivity contribution is 6.29. The van der Waals surface area contributed by atoms with Crippen LogP contribution in [0.1, 0.15) is 17.0 Å². The van der Waals surface area contributed by atoms with Gasteiger partial charge in [0.2, 0.25) is 17.1 Å². The number of anilines is 1. The molecule has 2 aromatic carbocycles. The van der Waals surface area contributed by atoms with E-state index >= 15 is 4.39 Å². The molecule has 5 aromatic rings. The molecule has 204 valence electrons. The number of hydrogen-bond acceptors (Lipinski definition) is 7. The topological polar surface area (TPSA) is 80.3 Å². The van der Waals surface area contributed by atoms with Crippen LogP contribution in [0.15, 0.2) is 70.2 Å². The molecule has 6 rings (SSSR count). The van der Waals surface area contributed by atoms with Gasteiger partial charge in [-0.1, -0.05) is 35.0 Å². The van der Waals surface area contributed by atoms with E-state index in [1.807, 2.05) is 22.6 Å². The summed E-state index contributed by atoms with van der Waals surface area (Å²) in [6, 6.07) is 12.5. The van der Waals surface area contributed by atoms with Crippen LogP contribution in [0.3, 0.4) is 0 Å². The third-order valence-corrected chi connectivity index (χ3v) is 7.34. The normalized spacial score (nSPS) is 14.2. The van der Waals surface area contributed by atoms with Crippen LogP contribution < -0.4 is 10.3 Å². The molecule has 0 atom stereocenters. The number of likely N-dealkylation sites (N-methyl/N-ethyl adjacent to an activating group) is 1. The zero-order valence-electron chi connectivity index (χ0n) is 21.6. The lowest BCUT2D eigenvalue weighted by Gasteiger charge is -2.34. The summed E-state index contributed by atoms with van der Waals surface area (Å²) in [6.45, 7) is 3.35. The maximum absolute atomic E-state index is 15.5. The quantitative estimate of drug-likeness (QED) is 0.276. The highest BCUT2D eigenvalue weighted by atomic mass is 35.5. The van der Waals surface area contributed by atoms with Crippen LogP contribution in [-0.4, -0.2) is 57.8 Å². The van der Waals surface area contributed by atoms with Gasteiger partial charge in [-0.2, -0.15) is 4.98 Å². The molecule has 0 bridgehead atoms. The van der Waals surface area contributed by atoms with Crippen molar-refractivity contribution < 1.29 is 13.3 Å². The Labute approximate surface area is 233 Å². The van der Waals surface area contributed by atoms with Crippen molar-refractivity contribution in [3.63, 3.8) is 0 Å². The number of piperazine rings is 1. The van der Waals surface area contributed by atoms with Gasteiger partial charge in [-0.25, -0.2) is 13.8 Å². The SMILES string of the molecule is CN1CCN(c2cc3c(cc2F)c(=O)c(-c2noc(Cc4ccc(F)cc4)n2)cn3Cc2ccc(Cl)nc2)CC1. The number of aromatic nitrogens is 4. The van der Waals surface area contributed by atoms with Crippen molar-refractivity contribution in [2.45, 2.75) is 13.0 Å². The molecule has 1 fully saturated rings. The summed E-state index contributed by atoms with van der Waals surface area (Å²) in [5.74, 6) is -0.441. The van der Waals surface area contributed by atoms with Crippen LogP contribution in [-0.2, 0) is 13.0 Å². The van der Waals surface area contributed by atoms with Gasteiger partial charge in [-0.05, 0) is 48.5 Å². The van der Waals surface area contributed by atoms with Crippen molar-refractivity contribution in [1.82, 2.24) is 24.6 Å². The van der Waals surface area contributed by atoms with Crippen molar-refractivity contribution in [2.75, 3.05) is 38.1 Å². The second kappa shape index (κ2) is 10.8. The summed E-state index contributed by atoms with van der Waals surface area (Å²) < 4.78 is 36.0. The van der Waals surface area contributed by atoms with Crippen LogP contribution in [0, 0.1) is 11.6 Å². The summed E-state index contributed by atoms with van der Waals surface area (Å²) in [5.41, 5.74) is 2.43. The first-order valence-corrected chi connectivity index (χ1v) is 13.2. The van der Waals surface area contributed by atoms with E-state index in [9.17, 15) is 9.18 Å². The molecule has 1 aliphatic rings. The fraction of sp³-hybridized carbons (Fsp3) is 0.241. The van der Waals surface area contributed by atoms with E-state index in [-0.39, 0.29) is 34.9 Å². The highest BCUT2D eigenvalue weighted by Gasteiger charge is 2.22. The van der Waals surface area contributed by atoms with Crippen LogP contribution in [0.25, 0.3) is 22.3 Å². The zero-order valence-corrected chi connectivity index (χ0v) is 22.4. The van der Waals surface area contributed by atoms with Crippen LogP contribution >= 0.6 is 11.6 Å². The van der Waals surface area contributed by atoms with E-state index < -0.39 is 11.2 Å². The van der Waals surface area contributed by atoms with Crippen molar-refractivity contribution in [3.05, 3.63) is 105 Å². The van der Waals surface area contributed by atoms with Gasteiger partial charge in [0.15, 0.2) is 0 Å². The fourth-order valence-corrected chi connectivity index (χ4v) is 5.00.